The van der Waals surface area contributed by atoms with Crippen molar-refractivity contribution >= 4 is 28.3 Å². The van der Waals surface area contributed by atoms with Crippen LogP contribution in [0.15, 0.2) is 18.0 Å². The number of rotatable bonds is 4. The number of hydrogen-bond acceptors (Lipinski definition) is 4. The van der Waals surface area contributed by atoms with Gasteiger partial charge in [0, 0.05) is 5.38 Å². The Balaban J connectivity index is 2.63. The monoisotopic (exact) mass is 212 g/mol. The summed E-state index contributed by atoms with van der Waals surface area (Å²) in [5, 5.41) is 12.9. The van der Waals surface area contributed by atoms with E-state index in [9.17, 15) is 9.59 Å². The van der Waals surface area contributed by atoms with Gasteiger partial charge in [0.2, 0.25) is 5.91 Å². The molecule has 0 radical (unpaired) electrons. The summed E-state index contributed by atoms with van der Waals surface area (Å²) >= 11 is 1.18. The van der Waals surface area contributed by atoms with E-state index in [-0.39, 0.29) is 12.3 Å². The van der Waals surface area contributed by atoms with Crippen molar-refractivity contribution < 1.29 is 14.7 Å². The molecule has 0 fully saturated rings. The van der Waals surface area contributed by atoms with Crippen molar-refractivity contribution in [1.29, 1.82) is 0 Å². The number of aliphatic carboxylic acids is 1. The lowest BCUT2D eigenvalue weighted by Crippen LogP contribution is -2.07. The van der Waals surface area contributed by atoms with Gasteiger partial charge in [-0.05, 0) is 6.08 Å². The van der Waals surface area contributed by atoms with E-state index in [2.05, 4.69) is 16.9 Å². The number of carboxylic acids is 1. The zero-order chi connectivity index (χ0) is 10.6. The minimum absolute atomic E-state index is 0.138. The Morgan fingerprint density at radius 2 is 2.43 bits per heavy atom. The Morgan fingerprint density at radius 3 is 3.00 bits per heavy atom. The fraction of sp³-hybridized carbons (Fsp3) is 0.125. The molecule has 0 saturated heterocycles. The third kappa shape index (κ3) is 2.98. The van der Waals surface area contributed by atoms with Crippen molar-refractivity contribution in [3.63, 3.8) is 0 Å². The number of carbonyl (C=O) groups is 2. The number of carboxylic acid groups (broad SMARTS) is 1. The van der Waals surface area contributed by atoms with Crippen molar-refractivity contribution in [1.82, 2.24) is 4.98 Å². The van der Waals surface area contributed by atoms with Crippen molar-refractivity contribution in [2.45, 2.75) is 6.42 Å². The first-order valence-corrected chi connectivity index (χ1v) is 4.59. The molecule has 74 valence electrons. The van der Waals surface area contributed by atoms with Gasteiger partial charge in [-0.25, -0.2) is 4.98 Å². The predicted molar refractivity (Wildman–Crippen MR) is 52.3 cm³/mol. The summed E-state index contributed by atoms with van der Waals surface area (Å²) in [6, 6.07) is 0. The van der Waals surface area contributed by atoms with E-state index in [1.807, 2.05) is 0 Å². The number of aromatic nitrogens is 1. The van der Waals surface area contributed by atoms with Gasteiger partial charge in [-0.2, -0.15) is 0 Å². The molecule has 0 spiro atoms. The maximum Gasteiger partial charge on any atom is 0.309 e. The average Bonchev–Trinajstić information content (AvgIpc) is 2.51. The van der Waals surface area contributed by atoms with Gasteiger partial charge in [-0.3, -0.25) is 14.9 Å². The van der Waals surface area contributed by atoms with Gasteiger partial charge >= 0.3 is 5.97 Å². The Labute approximate surface area is 84.1 Å². The third-order valence-electron chi connectivity index (χ3n) is 1.30. The molecule has 0 bridgehead atoms. The molecular formula is C8H8N2O3S. The molecule has 0 aromatic carbocycles. The Kier molecular flexibility index (Phi) is 3.35. The van der Waals surface area contributed by atoms with Gasteiger partial charge in [-0.1, -0.05) is 6.58 Å². The minimum atomic E-state index is -0.947. The molecule has 0 aliphatic carbocycles. The molecule has 1 heterocycles. The molecule has 0 unspecified atom stereocenters. The highest BCUT2D eigenvalue weighted by Crippen LogP contribution is 2.15. The fourth-order valence-electron chi connectivity index (χ4n) is 0.757. The number of nitrogens with one attached hydrogen (secondary N) is 1. The summed E-state index contributed by atoms with van der Waals surface area (Å²) in [5.74, 6) is -1.31. The summed E-state index contributed by atoms with van der Waals surface area (Å²) in [7, 11) is 0. The average molecular weight is 212 g/mol. The number of anilines is 1. The second-order valence-electron chi connectivity index (χ2n) is 2.41. The number of carbonyl (C=O) groups excluding carboxylic acids is 1. The van der Waals surface area contributed by atoms with Crippen LogP contribution in [0.5, 0.6) is 0 Å². The van der Waals surface area contributed by atoms with Gasteiger partial charge in [0.25, 0.3) is 0 Å². The molecule has 0 aliphatic rings. The van der Waals surface area contributed by atoms with E-state index >= 15 is 0 Å². The fourth-order valence-corrected chi connectivity index (χ4v) is 1.47. The molecule has 1 aromatic rings. The van der Waals surface area contributed by atoms with E-state index in [0.717, 1.165) is 6.08 Å². The molecule has 2 N–H and O–H groups in total. The molecule has 0 atom stereocenters. The summed E-state index contributed by atoms with van der Waals surface area (Å²) in [4.78, 5) is 25.0. The largest absolute Gasteiger partial charge is 0.481 e. The summed E-state index contributed by atoms with van der Waals surface area (Å²) in [5.41, 5.74) is 0.432. The zero-order valence-electron chi connectivity index (χ0n) is 7.19. The van der Waals surface area contributed by atoms with Crippen molar-refractivity contribution in [3.05, 3.63) is 23.7 Å². The van der Waals surface area contributed by atoms with Gasteiger partial charge < -0.3 is 5.11 Å². The smallest absolute Gasteiger partial charge is 0.309 e. The van der Waals surface area contributed by atoms with Gasteiger partial charge in [-0.15, -0.1) is 11.3 Å². The SMILES string of the molecule is C=CC(=O)Nc1nc(CC(=O)O)cs1. The normalized spacial score (nSPS) is 9.43. The maximum absolute atomic E-state index is 10.8. The van der Waals surface area contributed by atoms with Crippen LogP contribution in [0.4, 0.5) is 5.13 Å². The molecule has 0 saturated carbocycles. The second-order valence-corrected chi connectivity index (χ2v) is 3.27. The van der Waals surface area contributed by atoms with Crippen LogP contribution < -0.4 is 5.32 Å². The van der Waals surface area contributed by atoms with Crippen LogP contribution in [-0.4, -0.2) is 22.0 Å². The molecule has 6 heteroatoms. The lowest BCUT2D eigenvalue weighted by atomic mass is 10.3. The van der Waals surface area contributed by atoms with Crippen LogP contribution in [0.25, 0.3) is 0 Å². The first-order valence-electron chi connectivity index (χ1n) is 3.71. The topological polar surface area (TPSA) is 79.3 Å². The lowest BCUT2D eigenvalue weighted by Gasteiger charge is -1.93. The van der Waals surface area contributed by atoms with Crippen LogP contribution in [-0.2, 0) is 16.0 Å². The summed E-state index contributed by atoms with van der Waals surface area (Å²) in [6.07, 6.45) is 0.985. The number of thiazole rings is 1. The van der Waals surface area contributed by atoms with Gasteiger partial charge in [0.15, 0.2) is 5.13 Å². The van der Waals surface area contributed by atoms with E-state index in [1.165, 1.54) is 11.3 Å². The van der Waals surface area contributed by atoms with E-state index in [4.69, 9.17) is 5.11 Å². The van der Waals surface area contributed by atoms with Crippen molar-refractivity contribution in [2.24, 2.45) is 0 Å². The van der Waals surface area contributed by atoms with Crippen LogP contribution >= 0.6 is 11.3 Å². The molecule has 14 heavy (non-hydrogen) atoms. The van der Waals surface area contributed by atoms with Crippen molar-refractivity contribution in [2.75, 3.05) is 5.32 Å². The molecule has 5 nitrogen and oxygen atoms in total. The Morgan fingerprint density at radius 1 is 1.71 bits per heavy atom. The van der Waals surface area contributed by atoms with Crippen molar-refractivity contribution in [3.8, 4) is 0 Å². The highest BCUT2D eigenvalue weighted by atomic mass is 32.1. The van der Waals surface area contributed by atoms with E-state index < -0.39 is 5.97 Å². The summed E-state index contributed by atoms with van der Waals surface area (Å²) in [6.45, 7) is 3.28. The minimum Gasteiger partial charge on any atom is -0.481 e. The maximum atomic E-state index is 10.8. The number of hydrogen-bond donors (Lipinski definition) is 2. The first-order chi connectivity index (χ1) is 6.61. The Hall–Kier alpha value is -1.69. The predicted octanol–water partition coefficient (Wildman–Crippen LogP) is 0.895. The quantitative estimate of drug-likeness (QED) is 0.726. The van der Waals surface area contributed by atoms with E-state index in [1.54, 1.807) is 5.38 Å². The lowest BCUT2D eigenvalue weighted by molar-refractivity contribution is -0.136. The highest BCUT2D eigenvalue weighted by molar-refractivity contribution is 7.13. The third-order valence-corrected chi connectivity index (χ3v) is 2.11. The molecule has 1 aromatic heterocycles. The van der Waals surface area contributed by atoms with Gasteiger partial charge in [0.05, 0.1) is 12.1 Å². The van der Waals surface area contributed by atoms with Gasteiger partial charge in [0.1, 0.15) is 0 Å². The Bertz CT molecular complexity index is 372. The number of amides is 1. The van der Waals surface area contributed by atoms with Crippen LogP contribution in [0.1, 0.15) is 5.69 Å². The molecule has 1 rings (SSSR count). The first kappa shape index (κ1) is 10.4. The molecule has 1 amide bonds. The summed E-state index contributed by atoms with van der Waals surface area (Å²) < 4.78 is 0. The highest BCUT2D eigenvalue weighted by Gasteiger charge is 2.06. The second kappa shape index (κ2) is 4.52. The zero-order valence-corrected chi connectivity index (χ0v) is 8.00. The molecular weight excluding hydrogens is 204 g/mol. The van der Waals surface area contributed by atoms with Crippen LogP contribution in [0, 0.1) is 0 Å². The standard InChI is InChI=1S/C8H8N2O3S/c1-2-6(11)10-8-9-5(4-14-8)3-7(12)13/h2,4H,1,3H2,(H,12,13)(H,9,10,11). The number of nitrogens with zero attached hydrogens (tertiary/aromatic N) is 1. The van der Waals surface area contributed by atoms with E-state index in [0.29, 0.717) is 10.8 Å². The van der Waals surface area contributed by atoms with Crippen LogP contribution in [0.2, 0.25) is 0 Å². The van der Waals surface area contributed by atoms with Crippen LogP contribution in [0.3, 0.4) is 0 Å². The molecule has 0 aliphatic heterocycles.